The predicted molar refractivity (Wildman–Crippen MR) is 124 cm³/mol. The lowest BCUT2D eigenvalue weighted by Crippen LogP contribution is -2.60. The number of nitrogens with zero attached hydrogens (tertiary/aromatic N) is 1. The summed E-state index contributed by atoms with van der Waals surface area (Å²) >= 11 is 1.58. The molecule has 5 nitrogen and oxygen atoms in total. The quantitative estimate of drug-likeness (QED) is 0.547. The minimum atomic E-state index is -0.484. The van der Waals surface area contributed by atoms with Gasteiger partial charge in [0.15, 0.2) is 6.61 Å². The van der Waals surface area contributed by atoms with E-state index in [-0.39, 0.29) is 18.1 Å². The van der Waals surface area contributed by atoms with Crippen LogP contribution in [0.5, 0.6) is 0 Å². The molecule has 2 heterocycles. The number of amides is 1. The molecular weight excluding hydrogens is 420 g/mol. The number of para-hydroxylation sites is 1. The Labute approximate surface area is 191 Å². The van der Waals surface area contributed by atoms with Crippen molar-refractivity contribution in [2.24, 2.45) is 17.8 Å². The van der Waals surface area contributed by atoms with Gasteiger partial charge in [0.2, 0.25) is 0 Å². The predicted octanol–water partition coefficient (Wildman–Crippen LogP) is 5.21. The molecule has 0 atom stereocenters. The van der Waals surface area contributed by atoms with Crippen molar-refractivity contribution in [1.82, 2.24) is 10.3 Å². The first-order chi connectivity index (χ1) is 15.6. The summed E-state index contributed by atoms with van der Waals surface area (Å²) in [6.07, 6.45) is 7.22. The second-order valence-corrected chi connectivity index (χ2v) is 10.8. The van der Waals surface area contributed by atoms with Crippen molar-refractivity contribution in [2.75, 3.05) is 6.61 Å². The maximum absolute atomic E-state index is 13.0. The number of nitrogens with one attached hydrogen (secondary N) is 1. The van der Waals surface area contributed by atoms with Gasteiger partial charge in [0.05, 0.1) is 21.7 Å². The van der Waals surface area contributed by atoms with Gasteiger partial charge in [-0.25, -0.2) is 9.78 Å². The molecule has 0 radical (unpaired) electrons. The largest absolute Gasteiger partial charge is 0.452 e. The maximum atomic E-state index is 13.0. The molecule has 0 saturated heterocycles. The lowest BCUT2D eigenvalue weighted by atomic mass is 9.53. The number of esters is 1. The third kappa shape index (κ3) is 3.60. The van der Waals surface area contributed by atoms with Crippen LogP contribution in [0.4, 0.5) is 0 Å². The second-order valence-electron chi connectivity index (χ2n) is 9.87. The normalized spacial score (nSPS) is 28.1. The summed E-state index contributed by atoms with van der Waals surface area (Å²) < 4.78 is 5.51. The van der Waals surface area contributed by atoms with Gasteiger partial charge in [0, 0.05) is 10.9 Å². The summed E-state index contributed by atoms with van der Waals surface area (Å²) in [5.41, 5.74) is 1.85. The lowest BCUT2D eigenvalue weighted by molar-refractivity contribution is -0.130. The first kappa shape index (κ1) is 19.9. The van der Waals surface area contributed by atoms with Crippen LogP contribution in [0.15, 0.2) is 47.8 Å². The van der Waals surface area contributed by atoms with Gasteiger partial charge < -0.3 is 10.1 Å². The van der Waals surface area contributed by atoms with Crippen molar-refractivity contribution in [3.05, 3.63) is 53.4 Å². The number of ether oxygens (including phenoxy) is 1. The van der Waals surface area contributed by atoms with Crippen LogP contribution in [-0.4, -0.2) is 29.0 Å². The fourth-order valence-electron chi connectivity index (χ4n) is 6.70. The SMILES string of the molecule is O=C(COC(=O)c1cc(-c2cccs2)nc2ccccc12)NC12CC3CC(CC(C3)C1)C2. The first-order valence-corrected chi connectivity index (χ1v) is 12.4. The Morgan fingerprint density at radius 2 is 1.75 bits per heavy atom. The van der Waals surface area contributed by atoms with Crippen LogP contribution in [0.2, 0.25) is 0 Å². The molecule has 2 aromatic heterocycles. The first-order valence-electron chi connectivity index (χ1n) is 11.5. The van der Waals surface area contributed by atoms with Crippen LogP contribution in [-0.2, 0) is 9.53 Å². The van der Waals surface area contributed by atoms with Gasteiger partial charge in [-0.05, 0) is 79.9 Å². The third-order valence-corrected chi connectivity index (χ3v) is 8.38. The average molecular weight is 447 g/mol. The Bertz CT molecular complexity index is 1150. The van der Waals surface area contributed by atoms with Crippen LogP contribution >= 0.6 is 11.3 Å². The van der Waals surface area contributed by atoms with Crippen molar-refractivity contribution in [2.45, 2.75) is 44.1 Å². The van der Waals surface area contributed by atoms with Crippen LogP contribution in [0.1, 0.15) is 48.9 Å². The fourth-order valence-corrected chi connectivity index (χ4v) is 7.39. The van der Waals surface area contributed by atoms with E-state index in [1.165, 1.54) is 19.3 Å². The number of fused-ring (bicyclic) bond motifs is 1. The second kappa shape index (κ2) is 7.69. The number of carbonyl (C=O) groups excluding carboxylic acids is 2. The molecule has 164 valence electrons. The van der Waals surface area contributed by atoms with Gasteiger partial charge in [-0.15, -0.1) is 11.3 Å². The van der Waals surface area contributed by atoms with E-state index in [4.69, 9.17) is 9.72 Å². The molecule has 32 heavy (non-hydrogen) atoms. The van der Waals surface area contributed by atoms with Gasteiger partial charge in [-0.1, -0.05) is 24.3 Å². The summed E-state index contributed by atoms with van der Waals surface area (Å²) in [4.78, 5) is 31.5. The van der Waals surface area contributed by atoms with Gasteiger partial charge in [-0.3, -0.25) is 4.79 Å². The average Bonchev–Trinajstić information content (AvgIpc) is 3.30. The van der Waals surface area contributed by atoms with Crippen molar-refractivity contribution < 1.29 is 14.3 Å². The molecule has 0 unspecified atom stereocenters. The highest BCUT2D eigenvalue weighted by atomic mass is 32.1. The molecule has 3 aromatic rings. The molecule has 1 amide bonds. The fraction of sp³-hybridized carbons (Fsp3) is 0.423. The molecule has 4 aliphatic carbocycles. The summed E-state index contributed by atoms with van der Waals surface area (Å²) in [5.74, 6) is 1.59. The molecule has 1 N–H and O–H groups in total. The number of carbonyl (C=O) groups is 2. The highest BCUT2D eigenvalue weighted by molar-refractivity contribution is 7.13. The zero-order valence-electron chi connectivity index (χ0n) is 17.9. The molecule has 4 aliphatic rings. The molecule has 0 spiro atoms. The third-order valence-electron chi connectivity index (χ3n) is 7.49. The Morgan fingerprint density at radius 1 is 1.03 bits per heavy atom. The van der Waals surface area contributed by atoms with E-state index in [9.17, 15) is 9.59 Å². The van der Waals surface area contributed by atoms with Crippen molar-refractivity contribution in [3.63, 3.8) is 0 Å². The van der Waals surface area contributed by atoms with E-state index in [2.05, 4.69) is 5.32 Å². The number of thiophene rings is 1. The van der Waals surface area contributed by atoms with Crippen molar-refractivity contribution in [3.8, 4) is 10.6 Å². The molecule has 4 saturated carbocycles. The van der Waals surface area contributed by atoms with Gasteiger partial charge >= 0.3 is 5.97 Å². The summed E-state index contributed by atoms with van der Waals surface area (Å²) in [7, 11) is 0. The number of aromatic nitrogens is 1. The molecule has 6 heteroatoms. The number of hydrogen-bond acceptors (Lipinski definition) is 5. The van der Waals surface area contributed by atoms with E-state index in [0.717, 1.165) is 58.5 Å². The standard InChI is InChI=1S/C26H26N2O3S/c29-24(28-26-12-16-8-17(13-26)10-18(9-16)14-26)15-31-25(30)20-11-22(23-6-3-7-32-23)27-21-5-2-1-4-19(20)21/h1-7,11,16-18H,8-10,12-15H2,(H,28,29). The number of pyridine rings is 1. The summed E-state index contributed by atoms with van der Waals surface area (Å²) in [6.45, 7) is -0.244. The minimum absolute atomic E-state index is 0.0755. The van der Waals surface area contributed by atoms with Crippen molar-refractivity contribution in [1.29, 1.82) is 0 Å². The van der Waals surface area contributed by atoms with Crippen LogP contribution in [0, 0.1) is 17.8 Å². The van der Waals surface area contributed by atoms with E-state index < -0.39 is 5.97 Å². The molecule has 4 bridgehead atoms. The van der Waals surface area contributed by atoms with E-state index in [1.807, 2.05) is 41.8 Å². The van der Waals surface area contributed by atoms with Gasteiger partial charge in [0.25, 0.3) is 5.91 Å². The Balaban J connectivity index is 1.18. The summed E-state index contributed by atoms with van der Waals surface area (Å²) in [6, 6.07) is 13.3. The molecule has 1 aromatic carbocycles. The highest BCUT2D eigenvalue weighted by Gasteiger charge is 2.51. The van der Waals surface area contributed by atoms with E-state index in [0.29, 0.717) is 5.56 Å². The van der Waals surface area contributed by atoms with Crippen LogP contribution < -0.4 is 5.32 Å². The Morgan fingerprint density at radius 3 is 2.44 bits per heavy atom. The lowest BCUT2D eigenvalue weighted by Gasteiger charge is -2.56. The van der Waals surface area contributed by atoms with Gasteiger partial charge in [-0.2, -0.15) is 0 Å². The van der Waals surface area contributed by atoms with Gasteiger partial charge in [0.1, 0.15) is 0 Å². The zero-order chi connectivity index (χ0) is 21.7. The molecule has 0 aliphatic heterocycles. The zero-order valence-corrected chi connectivity index (χ0v) is 18.7. The van der Waals surface area contributed by atoms with E-state index in [1.54, 1.807) is 17.4 Å². The highest BCUT2D eigenvalue weighted by Crippen LogP contribution is 2.55. The molecular formula is C26H26N2O3S. The van der Waals surface area contributed by atoms with Crippen LogP contribution in [0.3, 0.4) is 0 Å². The van der Waals surface area contributed by atoms with E-state index >= 15 is 0 Å². The summed E-state index contributed by atoms with van der Waals surface area (Å²) in [5, 5.41) is 6.00. The smallest absolute Gasteiger partial charge is 0.339 e. The number of rotatable bonds is 5. The molecule has 7 rings (SSSR count). The molecule has 4 fully saturated rings. The Hall–Kier alpha value is -2.73. The minimum Gasteiger partial charge on any atom is -0.452 e. The topological polar surface area (TPSA) is 68.3 Å². The van der Waals surface area contributed by atoms with Crippen molar-refractivity contribution >= 4 is 34.1 Å². The monoisotopic (exact) mass is 446 g/mol. The Kier molecular flexibility index (Phi) is 4.79. The number of benzene rings is 1. The maximum Gasteiger partial charge on any atom is 0.339 e. The number of hydrogen-bond donors (Lipinski definition) is 1. The van der Waals surface area contributed by atoms with Crippen LogP contribution in [0.25, 0.3) is 21.5 Å².